The van der Waals surface area contributed by atoms with Gasteiger partial charge in [-0.15, -0.1) is 0 Å². The quantitative estimate of drug-likeness (QED) is 0.535. The van der Waals surface area contributed by atoms with E-state index in [2.05, 4.69) is 5.32 Å². The van der Waals surface area contributed by atoms with E-state index >= 15 is 0 Å². The number of nitrogens with one attached hydrogen (secondary N) is 1. The molecule has 0 radical (unpaired) electrons. The number of ketones is 1. The largest absolute Gasteiger partial charge is 0.486 e. The second-order valence-electron chi connectivity index (χ2n) is 7.24. The van der Waals surface area contributed by atoms with E-state index in [1.54, 1.807) is 12.1 Å². The van der Waals surface area contributed by atoms with Gasteiger partial charge in [0.25, 0.3) is 5.91 Å². The second kappa shape index (κ2) is 7.50. The maximum atomic E-state index is 12.6. The third-order valence-corrected chi connectivity index (χ3v) is 5.62. The first-order valence-corrected chi connectivity index (χ1v) is 10.1. The molecule has 1 aliphatic carbocycles. The zero-order chi connectivity index (χ0) is 20.7. The summed E-state index contributed by atoms with van der Waals surface area (Å²) in [4.78, 5) is 25.3. The Labute approximate surface area is 178 Å². The van der Waals surface area contributed by atoms with Crippen LogP contribution in [0, 0.1) is 0 Å². The Balaban J connectivity index is 1.27. The summed E-state index contributed by atoms with van der Waals surface area (Å²) < 4.78 is 11.1. The molecule has 0 aromatic heterocycles. The third kappa shape index (κ3) is 3.21. The van der Waals surface area contributed by atoms with Gasteiger partial charge in [-0.2, -0.15) is 0 Å². The molecule has 0 saturated heterocycles. The fourth-order valence-corrected chi connectivity index (χ4v) is 4.19. The molecule has 0 atom stereocenters. The first kappa shape index (κ1) is 18.7. The highest BCUT2D eigenvalue weighted by atomic mass is 35.5. The molecular formula is C24H18ClNO4. The molecule has 3 aromatic rings. The Morgan fingerprint density at radius 2 is 1.70 bits per heavy atom. The summed E-state index contributed by atoms with van der Waals surface area (Å²) in [6.45, 7) is 1.40. The fourth-order valence-electron chi connectivity index (χ4n) is 3.90. The molecule has 30 heavy (non-hydrogen) atoms. The van der Waals surface area contributed by atoms with Crippen molar-refractivity contribution in [1.82, 2.24) is 5.32 Å². The van der Waals surface area contributed by atoms with Crippen LogP contribution in [0.25, 0.3) is 11.1 Å². The van der Waals surface area contributed by atoms with Gasteiger partial charge in [-0.25, -0.2) is 0 Å². The van der Waals surface area contributed by atoms with E-state index < -0.39 is 0 Å². The van der Waals surface area contributed by atoms with Crippen molar-refractivity contribution in [2.45, 2.75) is 6.42 Å². The summed E-state index contributed by atoms with van der Waals surface area (Å²) in [5.74, 6) is 0.942. The van der Waals surface area contributed by atoms with E-state index in [0.29, 0.717) is 59.4 Å². The second-order valence-corrected chi connectivity index (χ2v) is 7.65. The Morgan fingerprint density at radius 3 is 2.57 bits per heavy atom. The molecule has 5 nitrogen and oxygen atoms in total. The van der Waals surface area contributed by atoms with E-state index in [4.69, 9.17) is 21.1 Å². The smallest absolute Gasteiger partial charge is 0.251 e. The average molecular weight is 420 g/mol. The van der Waals surface area contributed by atoms with Crippen molar-refractivity contribution in [3.63, 3.8) is 0 Å². The summed E-state index contributed by atoms with van der Waals surface area (Å²) in [6.07, 6.45) is 0.595. The first-order valence-electron chi connectivity index (χ1n) is 9.76. The van der Waals surface area contributed by atoms with Gasteiger partial charge in [-0.3, -0.25) is 9.59 Å². The summed E-state index contributed by atoms with van der Waals surface area (Å²) in [6, 6.07) is 16.5. The van der Waals surface area contributed by atoms with Crippen LogP contribution < -0.4 is 14.8 Å². The van der Waals surface area contributed by atoms with Crippen molar-refractivity contribution >= 4 is 23.3 Å². The standard InChI is InChI=1S/C24H18ClNO4/c25-20-11-14(12-21-23(20)30-10-9-29-21)7-8-26-24(28)15-5-6-17-16-3-1-2-4-18(16)22(27)19(17)13-15/h1-6,11-13H,7-10H2,(H,26,28). The molecule has 150 valence electrons. The minimum Gasteiger partial charge on any atom is -0.486 e. The van der Waals surface area contributed by atoms with Crippen molar-refractivity contribution in [3.8, 4) is 22.6 Å². The highest BCUT2D eigenvalue weighted by molar-refractivity contribution is 6.32. The van der Waals surface area contributed by atoms with Crippen molar-refractivity contribution in [2.24, 2.45) is 0 Å². The molecule has 2 aliphatic rings. The molecule has 0 unspecified atom stereocenters. The number of hydrogen-bond donors (Lipinski definition) is 1. The van der Waals surface area contributed by atoms with Crippen LogP contribution >= 0.6 is 11.6 Å². The molecule has 1 amide bonds. The van der Waals surface area contributed by atoms with E-state index in [0.717, 1.165) is 16.7 Å². The van der Waals surface area contributed by atoms with Crippen molar-refractivity contribution in [3.05, 3.63) is 81.9 Å². The third-order valence-electron chi connectivity index (χ3n) is 5.34. The molecule has 5 rings (SSSR count). The van der Waals surface area contributed by atoms with Gasteiger partial charge in [0.2, 0.25) is 0 Å². The average Bonchev–Trinajstić information content (AvgIpc) is 3.06. The molecule has 0 bridgehead atoms. The highest BCUT2D eigenvalue weighted by Gasteiger charge is 2.27. The normalized spacial score (nSPS) is 13.6. The lowest BCUT2D eigenvalue weighted by atomic mass is 10.0. The van der Waals surface area contributed by atoms with Crippen LogP contribution in [-0.2, 0) is 6.42 Å². The van der Waals surface area contributed by atoms with Crippen molar-refractivity contribution in [2.75, 3.05) is 19.8 Å². The van der Waals surface area contributed by atoms with Crippen LogP contribution in [0.15, 0.2) is 54.6 Å². The van der Waals surface area contributed by atoms with Crippen LogP contribution in [0.4, 0.5) is 0 Å². The number of halogens is 1. The van der Waals surface area contributed by atoms with Crippen LogP contribution in [0.5, 0.6) is 11.5 Å². The summed E-state index contributed by atoms with van der Waals surface area (Å²) in [5.41, 5.74) is 4.46. The van der Waals surface area contributed by atoms with Crippen LogP contribution in [0.2, 0.25) is 5.02 Å². The Morgan fingerprint density at radius 1 is 0.933 bits per heavy atom. The van der Waals surface area contributed by atoms with Gasteiger partial charge in [0, 0.05) is 23.2 Å². The van der Waals surface area contributed by atoms with Crippen LogP contribution in [0.1, 0.15) is 31.8 Å². The van der Waals surface area contributed by atoms with E-state index in [1.807, 2.05) is 42.5 Å². The van der Waals surface area contributed by atoms with E-state index in [9.17, 15) is 9.59 Å². The first-order chi connectivity index (χ1) is 14.6. The molecule has 0 fully saturated rings. The molecule has 1 heterocycles. The molecule has 6 heteroatoms. The number of benzene rings is 3. The van der Waals surface area contributed by atoms with Gasteiger partial charge < -0.3 is 14.8 Å². The lowest BCUT2D eigenvalue weighted by molar-refractivity contribution is 0.0954. The van der Waals surface area contributed by atoms with Gasteiger partial charge >= 0.3 is 0 Å². The fraction of sp³-hybridized carbons (Fsp3) is 0.167. The summed E-state index contributed by atoms with van der Waals surface area (Å²) in [5, 5.41) is 3.41. The molecule has 1 N–H and O–H groups in total. The maximum absolute atomic E-state index is 12.6. The number of carbonyl (C=O) groups excluding carboxylic acids is 2. The summed E-state index contributed by atoms with van der Waals surface area (Å²) >= 11 is 6.27. The van der Waals surface area contributed by atoms with Crippen molar-refractivity contribution < 1.29 is 19.1 Å². The minimum atomic E-state index is -0.217. The van der Waals surface area contributed by atoms with Crippen LogP contribution in [0.3, 0.4) is 0 Å². The number of fused-ring (bicyclic) bond motifs is 4. The molecule has 1 aliphatic heterocycles. The Kier molecular flexibility index (Phi) is 4.68. The predicted molar refractivity (Wildman–Crippen MR) is 114 cm³/mol. The maximum Gasteiger partial charge on any atom is 0.251 e. The van der Waals surface area contributed by atoms with Gasteiger partial charge in [-0.1, -0.05) is 41.9 Å². The monoisotopic (exact) mass is 419 g/mol. The Hall–Kier alpha value is -3.31. The topological polar surface area (TPSA) is 64.6 Å². The summed E-state index contributed by atoms with van der Waals surface area (Å²) in [7, 11) is 0. The number of carbonyl (C=O) groups is 2. The number of rotatable bonds is 4. The lowest BCUT2D eigenvalue weighted by Crippen LogP contribution is -2.26. The molecule has 0 spiro atoms. The van der Waals surface area contributed by atoms with Gasteiger partial charge in [0.05, 0.1) is 5.02 Å². The highest BCUT2D eigenvalue weighted by Crippen LogP contribution is 2.38. The van der Waals surface area contributed by atoms with Gasteiger partial charge in [-0.05, 0) is 47.4 Å². The zero-order valence-corrected chi connectivity index (χ0v) is 16.8. The van der Waals surface area contributed by atoms with E-state index in [1.165, 1.54) is 0 Å². The van der Waals surface area contributed by atoms with Crippen molar-refractivity contribution in [1.29, 1.82) is 0 Å². The predicted octanol–water partition coefficient (Wildman–Crippen LogP) is 4.30. The number of hydrogen-bond acceptors (Lipinski definition) is 4. The Bertz CT molecular complexity index is 1190. The van der Waals surface area contributed by atoms with E-state index in [-0.39, 0.29) is 11.7 Å². The van der Waals surface area contributed by atoms with Gasteiger partial charge in [0.15, 0.2) is 17.3 Å². The SMILES string of the molecule is O=C(NCCc1cc(Cl)c2c(c1)OCCO2)c1ccc2c(c1)C(=O)c1ccccc1-2. The lowest BCUT2D eigenvalue weighted by Gasteiger charge is -2.20. The molecule has 0 saturated carbocycles. The number of amides is 1. The molecular weight excluding hydrogens is 402 g/mol. The van der Waals surface area contributed by atoms with Gasteiger partial charge in [0.1, 0.15) is 13.2 Å². The zero-order valence-electron chi connectivity index (χ0n) is 16.0. The molecule has 3 aromatic carbocycles. The minimum absolute atomic E-state index is 0.0406. The number of ether oxygens (including phenoxy) is 2. The van der Waals surface area contributed by atoms with Crippen LogP contribution in [-0.4, -0.2) is 31.4 Å².